The third-order valence-electron chi connectivity index (χ3n) is 2.06. The summed E-state index contributed by atoms with van der Waals surface area (Å²) in [5, 5.41) is 11.6. The molecule has 0 spiro atoms. The Kier molecular flexibility index (Phi) is 4.86. The van der Waals surface area contributed by atoms with Gasteiger partial charge in [0.1, 0.15) is 0 Å². The van der Waals surface area contributed by atoms with Crippen molar-refractivity contribution in [2.24, 2.45) is 0 Å². The third-order valence-corrected chi connectivity index (χ3v) is 2.06. The molecule has 2 atom stereocenters. The maximum absolute atomic E-state index is 10.4. The summed E-state index contributed by atoms with van der Waals surface area (Å²) in [6, 6.07) is -0.0296. The van der Waals surface area contributed by atoms with Crippen LogP contribution >= 0.6 is 0 Å². The van der Waals surface area contributed by atoms with Gasteiger partial charge >= 0.3 is 5.97 Å². The van der Waals surface area contributed by atoms with Gasteiger partial charge < -0.3 is 19.9 Å². The van der Waals surface area contributed by atoms with Crippen LogP contribution in [0.4, 0.5) is 0 Å². The molecular formula is C9H17NO4. The standard InChI is InChI=1S/C9H17NO4/c1-7(4-9(11)12)10-5-8-6-13-2-3-14-8/h7-8,10H,2-6H2,1H3,(H,11,12). The van der Waals surface area contributed by atoms with Crippen molar-refractivity contribution in [3.8, 4) is 0 Å². The Morgan fingerprint density at radius 3 is 3.00 bits per heavy atom. The summed E-state index contributed by atoms with van der Waals surface area (Å²) >= 11 is 0. The minimum absolute atomic E-state index is 0.0296. The number of hydrogen-bond donors (Lipinski definition) is 2. The number of carboxylic acids is 1. The fourth-order valence-electron chi connectivity index (χ4n) is 1.32. The van der Waals surface area contributed by atoms with Crippen molar-refractivity contribution in [3.63, 3.8) is 0 Å². The highest BCUT2D eigenvalue weighted by Gasteiger charge is 2.15. The van der Waals surface area contributed by atoms with Crippen LogP contribution in [0.15, 0.2) is 0 Å². The van der Waals surface area contributed by atoms with Crippen LogP contribution in [0.3, 0.4) is 0 Å². The summed E-state index contributed by atoms with van der Waals surface area (Å²) < 4.78 is 10.6. The second-order valence-corrected chi connectivity index (χ2v) is 3.47. The van der Waals surface area contributed by atoms with Crippen molar-refractivity contribution in [1.29, 1.82) is 0 Å². The number of aliphatic carboxylic acids is 1. The SMILES string of the molecule is CC(CC(=O)O)NCC1COCCO1. The van der Waals surface area contributed by atoms with Gasteiger partial charge in [0.25, 0.3) is 0 Å². The van der Waals surface area contributed by atoms with Crippen molar-refractivity contribution in [1.82, 2.24) is 5.32 Å². The summed E-state index contributed by atoms with van der Waals surface area (Å²) in [6.07, 6.45) is 0.188. The van der Waals surface area contributed by atoms with E-state index >= 15 is 0 Å². The van der Waals surface area contributed by atoms with Crippen molar-refractivity contribution in [2.45, 2.75) is 25.5 Å². The molecule has 0 aliphatic carbocycles. The Labute approximate surface area is 83.4 Å². The predicted molar refractivity (Wildman–Crippen MR) is 50.3 cm³/mol. The van der Waals surface area contributed by atoms with Crippen LogP contribution < -0.4 is 5.32 Å². The van der Waals surface area contributed by atoms with Gasteiger partial charge in [-0.05, 0) is 6.92 Å². The number of carbonyl (C=O) groups is 1. The van der Waals surface area contributed by atoms with Gasteiger partial charge in [-0.3, -0.25) is 4.79 Å². The zero-order valence-electron chi connectivity index (χ0n) is 8.36. The van der Waals surface area contributed by atoms with Crippen LogP contribution in [-0.2, 0) is 14.3 Å². The third kappa shape index (κ3) is 4.55. The Hall–Kier alpha value is -0.650. The fourth-order valence-corrected chi connectivity index (χ4v) is 1.32. The molecule has 0 aromatic heterocycles. The van der Waals surface area contributed by atoms with E-state index in [2.05, 4.69) is 5.32 Å². The monoisotopic (exact) mass is 203 g/mol. The summed E-state index contributed by atoms with van der Waals surface area (Å²) in [6.45, 7) is 4.36. The highest BCUT2D eigenvalue weighted by Crippen LogP contribution is 2.00. The minimum atomic E-state index is -0.786. The van der Waals surface area contributed by atoms with Gasteiger partial charge in [-0.25, -0.2) is 0 Å². The maximum atomic E-state index is 10.4. The van der Waals surface area contributed by atoms with Gasteiger partial charge in [0, 0.05) is 12.6 Å². The molecular weight excluding hydrogens is 186 g/mol. The molecule has 1 heterocycles. The van der Waals surface area contributed by atoms with Crippen LogP contribution in [0.1, 0.15) is 13.3 Å². The number of ether oxygens (including phenoxy) is 2. The van der Waals surface area contributed by atoms with Gasteiger partial charge in [0.2, 0.25) is 0 Å². The van der Waals surface area contributed by atoms with Crippen LogP contribution in [0.25, 0.3) is 0 Å². The van der Waals surface area contributed by atoms with Crippen molar-refractivity contribution >= 4 is 5.97 Å². The number of rotatable bonds is 5. The molecule has 14 heavy (non-hydrogen) atoms. The highest BCUT2D eigenvalue weighted by molar-refractivity contribution is 5.67. The van der Waals surface area contributed by atoms with Crippen molar-refractivity contribution in [3.05, 3.63) is 0 Å². The first-order valence-corrected chi connectivity index (χ1v) is 4.83. The highest BCUT2D eigenvalue weighted by atomic mass is 16.6. The molecule has 82 valence electrons. The molecule has 2 unspecified atom stereocenters. The molecule has 2 N–H and O–H groups in total. The second kappa shape index (κ2) is 5.95. The first-order chi connectivity index (χ1) is 6.68. The first-order valence-electron chi connectivity index (χ1n) is 4.83. The van der Waals surface area contributed by atoms with Gasteiger partial charge in [0.05, 0.1) is 32.3 Å². The van der Waals surface area contributed by atoms with Crippen LogP contribution in [-0.4, -0.2) is 49.6 Å². The Bertz CT molecular complexity index is 180. The average Bonchev–Trinajstić information content (AvgIpc) is 2.15. The smallest absolute Gasteiger partial charge is 0.304 e. The van der Waals surface area contributed by atoms with Crippen LogP contribution in [0, 0.1) is 0 Å². The van der Waals surface area contributed by atoms with E-state index in [-0.39, 0.29) is 18.6 Å². The topological polar surface area (TPSA) is 67.8 Å². The molecule has 0 radical (unpaired) electrons. The maximum Gasteiger partial charge on any atom is 0.304 e. The Morgan fingerprint density at radius 2 is 2.43 bits per heavy atom. The molecule has 1 aliphatic rings. The van der Waals surface area contributed by atoms with Crippen molar-refractivity contribution in [2.75, 3.05) is 26.4 Å². The van der Waals surface area contributed by atoms with Crippen LogP contribution in [0.2, 0.25) is 0 Å². The lowest BCUT2D eigenvalue weighted by Gasteiger charge is -2.24. The minimum Gasteiger partial charge on any atom is -0.481 e. The zero-order chi connectivity index (χ0) is 10.4. The van der Waals surface area contributed by atoms with Gasteiger partial charge in [0.15, 0.2) is 0 Å². The molecule has 0 amide bonds. The van der Waals surface area contributed by atoms with Crippen LogP contribution in [0.5, 0.6) is 0 Å². The molecule has 1 rings (SSSR count). The average molecular weight is 203 g/mol. The van der Waals surface area contributed by atoms with E-state index in [1.807, 2.05) is 6.92 Å². The predicted octanol–water partition coefficient (Wildman–Crippen LogP) is -0.145. The molecule has 5 heteroatoms. The van der Waals surface area contributed by atoms with E-state index < -0.39 is 5.97 Å². The van der Waals surface area contributed by atoms with Gasteiger partial charge in [-0.15, -0.1) is 0 Å². The fraction of sp³-hybridized carbons (Fsp3) is 0.889. The molecule has 1 saturated heterocycles. The Balaban J connectivity index is 2.09. The lowest BCUT2D eigenvalue weighted by Crippen LogP contribution is -2.41. The molecule has 1 aliphatic heterocycles. The molecule has 1 fully saturated rings. The molecule has 0 aromatic rings. The van der Waals surface area contributed by atoms with Gasteiger partial charge in [-0.2, -0.15) is 0 Å². The Morgan fingerprint density at radius 1 is 1.64 bits per heavy atom. The second-order valence-electron chi connectivity index (χ2n) is 3.47. The summed E-state index contributed by atoms with van der Waals surface area (Å²) in [7, 11) is 0. The molecule has 0 aromatic carbocycles. The van der Waals surface area contributed by atoms with E-state index in [1.54, 1.807) is 0 Å². The summed E-state index contributed by atoms with van der Waals surface area (Å²) in [5.74, 6) is -0.786. The summed E-state index contributed by atoms with van der Waals surface area (Å²) in [5.41, 5.74) is 0. The molecule has 5 nitrogen and oxygen atoms in total. The normalized spacial score (nSPS) is 24.5. The summed E-state index contributed by atoms with van der Waals surface area (Å²) in [4.78, 5) is 10.4. The van der Waals surface area contributed by atoms with Gasteiger partial charge in [-0.1, -0.05) is 0 Å². The first kappa shape index (κ1) is 11.4. The van der Waals surface area contributed by atoms with E-state index in [9.17, 15) is 4.79 Å². The zero-order valence-corrected chi connectivity index (χ0v) is 8.36. The molecule has 0 saturated carbocycles. The lowest BCUT2D eigenvalue weighted by molar-refractivity contribution is -0.137. The van der Waals surface area contributed by atoms with E-state index in [1.165, 1.54) is 0 Å². The number of carboxylic acid groups (broad SMARTS) is 1. The lowest BCUT2D eigenvalue weighted by atomic mass is 10.2. The van der Waals surface area contributed by atoms with E-state index in [0.29, 0.717) is 26.4 Å². The molecule has 0 bridgehead atoms. The number of hydrogen-bond acceptors (Lipinski definition) is 4. The largest absolute Gasteiger partial charge is 0.481 e. The quantitative estimate of drug-likeness (QED) is 0.650. The van der Waals surface area contributed by atoms with E-state index in [0.717, 1.165) is 0 Å². The van der Waals surface area contributed by atoms with Crippen molar-refractivity contribution < 1.29 is 19.4 Å². The van der Waals surface area contributed by atoms with E-state index in [4.69, 9.17) is 14.6 Å². The number of nitrogens with one attached hydrogen (secondary N) is 1.